The van der Waals surface area contributed by atoms with Crippen LogP contribution in [-0.2, 0) is 14.3 Å². The summed E-state index contributed by atoms with van der Waals surface area (Å²) in [6, 6.07) is 5.55. The van der Waals surface area contributed by atoms with Crippen LogP contribution in [0.25, 0.3) is 0 Å². The normalized spacial score (nSPS) is 18.2. The van der Waals surface area contributed by atoms with Crippen molar-refractivity contribution in [2.75, 3.05) is 12.4 Å². The molecule has 1 aromatic rings. The number of nitrogens with one attached hydrogen (secondary N) is 1. The summed E-state index contributed by atoms with van der Waals surface area (Å²) in [7, 11) is 1.20. The van der Waals surface area contributed by atoms with Gasteiger partial charge in [0.1, 0.15) is 5.76 Å². The largest absolute Gasteiger partial charge is 0.507 e. The molecule has 8 heteroatoms. The van der Waals surface area contributed by atoms with E-state index in [1.807, 2.05) is 0 Å². The molecule has 2 N–H and O–H groups in total. The predicted octanol–water partition coefficient (Wildman–Crippen LogP) is 2.87. The molecule has 0 saturated carbocycles. The number of aliphatic hydroxyl groups excluding tert-OH is 1. The molecule has 0 fully saturated rings. The van der Waals surface area contributed by atoms with Crippen LogP contribution in [0.5, 0.6) is 0 Å². The van der Waals surface area contributed by atoms with Crippen LogP contribution in [0.2, 0.25) is 0 Å². The first-order valence-electron chi connectivity index (χ1n) is 7.44. The molecule has 25 heavy (non-hydrogen) atoms. The van der Waals surface area contributed by atoms with Gasteiger partial charge in [-0.1, -0.05) is 13.8 Å². The SMILES string of the molecule is COC(=O)C1=C(O)/C(=C\Nc2ccc([N+](=O)[O-])cc2)C(=O)CC1(C)C. The number of methoxy groups -OCH3 is 1. The van der Waals surface area contributed by atoms with Gasteiger partial charge in [0.15, 0.2) is 5.78 Å². The van der Waals surface area contributed by atoms with Gasteiger partial charge in [0.25, 0.3) is 5.69 Å². The van der Waals surface area contributed by atoms with Crippen molar-refractivity contribution in [2.24, 2.45) is 5.41 Å². The Morgan fingerprint density at radius 1 is 1.36 bits per heavy atom. The zero-order valence-corrected chi connectivity index (χ0v) is 14.0. The van der Waals surface area contributed by atoms with Gasteiger partial charge in [0.2, 0.25) is 0 Å². The van der Waals surface area contributed by atoms with Gasteiger partial charge >= 0.3 is 5.97 Å². The number of nitrogens with zero attached hydrogens (tertiary/aromatic N) is 1. The molecule has 0 spiro atoms. The lowest BCUT2D eigenvalue weighted by Crippen LogP contribution is -2.33. The third kappa shape index (κ3) is 3.68. The summed E-state index contributed by atoms with van der Waals surface area (Å²) < 4.78 is 4.70. The number of carbonyl (C=O) groups is 2. The summed E-state index contributed by atoms with van der Waals surface area (Å²) in [4.78, 5) is 34.4. The maximum atomic E-state index is 12.3. The maximum Gasteiger partial charge on any atom is 0.338 e. The fourth-order valence-corrected chi connectivity index (χ4v) is 2.63. The fourth-order valence-electron chi connectivity index (χ4n) is 2.63. The number of nitro groups is 1. The van der Waals surface area contributed by atoms with Gasteiger partial charge in [-0.25, -0.2) is 4.79 Å². The monoisotopic (exact) mass is 346 g/mol. The molecule has 2 rings (SSSR count). The van der Waals surface area contributed by atoms with Crippen molar-refractivity contribution in [2.45, 2.75) is 20.3 Å². The molecule has 0 atom stereocenters. The zero-order valence-electron chi connectivity index (χ0n) is 14.0. The number of aliphatic hydroxyl groups is 1. The number of anilines is 1. The third-order valence-electron chi connectivity index (χ3n) is 3.92. The molecule has 0 unspecified atom stereocenters. The lowest BCUT2D eigenvalue weighted by Gasteiger charge is -2.31. The minimum absolute atomic E-state index is 0.0337. The Hall–Kier alpha value is -3.16. The average molecular weight is 346 g/mol. The first-order chi connectivity index (χ1) is 11.7. The van der Waals surface area contributed by atoms with Crippen molar-refractivity contribution in [1.82, 2.24) is 0 Å². The number of non-ortho nitro benzene ring substituents is 1. The number of ether oxygens (including phenoxy) is 1. The summed E-state index contributed by atoms with van der Waals surface area (Å²) in [5.41, 5.74) is -0.434. The van der Waals surface area contributed by atoms with Crippen LogP contribution in [0.1, 0.15) is 20.3 Å². The van der Waals surface area contributed by atoms with Gasteiger partial charge in [-0.3, -0.25) is 14.9 Å². The van der Waals surface area contributed by atoms with Gasteiger partial charge in [0, 0.05) is 35.9 Å². The molecule has 0 radical (unpaired) electrons. The summed E-state index contributed by atoms with van der Waals surface area (Å²) in [5, 5.41) is 23.8. The second-order valence-electron chi connectivity index (χ2n) is 6.21. The third-order valence-corrected chi connectivity index (χ3v) is 3.92. The topological polar surface area (TPSA) is 119 Å². The minimum atomic E-state index is -0.848. The first kappa shape index (κ1) is 18.2. The van der Waals surface area contributed by atoms with Crippen molar-refractivity contribution in [3.63, 3.8) is 0 Å². The Bertz CT molecular complexity index is 790. The van der Waals surface area contributed by atoms with E-state index < -0.39 is 22.1 Å². The Morgan fingerprint density at radius 3 is 2.48 bits per heavy atom. The van der Waals surface area contributed by atoms with Crippen molar-refractivity contribution >= 4 is 23.1 Å². The molecule has 0 aliphatic heterocycles. The molecule has 0 amide bonds. The van der Waals surface area contributed by atoms with E-state index >= 15 is 0 Å². The van der Waals surface area contributed by atoms with Gasteiger partial charge in [0.05, 0.1) is 23.2 Å². The Kier molecular flexibility index (Phi) is 4.92. The Morgan fingerprint density at radius 2 is 1.96 bits per heavy atom. The molecule has 8 nitrogen and oxygen atoms in total. The minimum Gasteiger partial charge on any atom is -0.507 e. The molecule has 1 aromatic carbocycles. The highest BCUT2D eigenvalue weighted by Gasteiger charge is 2.41. The second kappa shape index (κ2) is 6.76. The number of ketones is 1. The number of carbonyl (C=O) groups excluding carboxylic acids is 2. The van der Waals surface area contributed by atoms with Crippen LogP contribution in [-0.4, -0.2) is 28.9 Å². The number of hydrogen-bond acceptors (Lipinski definition) is 7. The molecule has 132 valence electrons. The highest BCUT2D eigenvalue weighted by Crippen LogP contribution is 2.40. The number of nitro benzene ring substituents is 1. The van der Waals surface area contributed by atoms with Crippen LogP contribution >= 0.6 is 0 Å². The summed E-state index contributed by atoms with van der Waals surface area (Å²) in [5.74, 6) is -1.46. The van der Waals surface area contributed by atoms with Crippen molar-refractivity contribution < 1.29 is 24.4 Å². The second-order valence-corrected chi connectivity index (χ2v) is 6.21. The number of Topliss-reactive ketones (excluding diaryl/α,β-unsaturated/α-hetero) is 1. The standard InChI is InChI=1S/C17H18N2O6/c1-17(2)8-13(20)12(15(21)14(17)16(22)25-3)9-18-10-4-6-11(7-5-10)19(23)24/h4-7,9,18,21H,8H2,1-3H3/b12-9-. The van der Waals surface area contributed by atoms with E-state index in [0.717, 1.165) is 0 Å². The van der Waals surface area contributed by atoms with Crippen molar-refractivity contribution in [3.05, 3.63) is 57.5 Å². The quantitative estimate of drug-likeness (QED) is 0.372. The van der Waals surface area contributed by atoms with E-state index in [1.54, 1.807) is 13.8 Å². The van der Waals surface area contributed by atoms with E-state index in [9.17, 15) is 24.8 Å². The van der Waals surface area contributed by atoms with Gasteiger partial charge < -0.3 is 15.2 Å². The summed E-state index contributed by atoms with van der Waals surface area (Å²) in [6.07, 6.45) is 1.31. The molecular formula is C17H18N2O6. The molecule has 0 bridgehead atoms. The van der Waals surface area contributed by atoms with Crippen molar-refractivity contribution in [1.29, 1.82) is 0 Å². The predicted molar refractivity (Wildman–Crippen MR) is 89.9 cm³/mol. The molecule has 1 aliphatic carbocycles. The smallest absolute Gasteiger partial charge is 0.338 e. The average Bonchev–Trinajstić information content (AvgIpc) is 2.53. The van der Waals surface area contributed by atoms with E-state index in [-0.39, 0.29) is 29.0 Å². The van der Waals surface area contributed by atoms with E-state index in [4.69, 9.17) is 4.74 Å². The van der Waals surface area contributed by atoms with Crippen LogP contribution in [0.3, 0.4) is 0 Å². The lowest BCUT2D eigenvalue weighted by atomic mass is 9.73. The van der Waals surface area contributed by atoms with Crippen LogP contribution < -0.4 is 5.32 Å². The number of allylic oxidation sites excluding steroid dienone is 1. The molecular weight excluding hydrogens is 328 g/mol. The summed E-state index contributed by atoms with van der Waals surface area (Å²) >= 11 is 0. The van der Waals surface area contributed by atoms with Gasteiger partial charge in [-0.15, -0.1) is 0 Å². The maximum absolute atomic E-state index is 12.3. The number of esters is 1. The van der Waals surface area contributed by atoms with E-state index in [0.29, 0.717) is 5.69 Å². The highest BCUT2D eigenvalue weighted by atomic mass is 16.6. The number of rotatable bonds is 4. The van der Waals surface area contributed by atoms with Crippen LogP contribution in [0.4, 0.5) is 11.4 Å². The Balaban J connectivity index is 2.36. The van der Waals surface area contributed by atoms with Crippen LogP contribution in [0, 0.1) is 15.5 Å². The number of hydrogen-bond donors (Lipinski definition) is 2. The van der Waals surface area contributed by atoms with Gasteiger partial charge in [-0.05, 0) is 12.1 Å². The number of benzene rings is 1. The molecule has 0 saturated heterocycles. The fraction of sp³-hybridized carbons (Fsp3) is 0.294. The molecule has 0 heterocycles. The zero-order chi connectivity index (χ0) is 18.8. The highest BCUT2D eigenvalue weighted by molar-refractivity contribution is 6.06. The first-order valence-corrected chi connectivity index (χ1v) is 7.44. The lowest BCUT2D eigenvalue weighted by molar-refractivity contribution is -0.384. The van der Waals surface area contributed by atoms with Gasteiger partial charge in [-0.2, -0.15) is 0 Å². The molecule has 1 aliphatic rings. The molecule has 0 aromatic heterocycles. The van der Waals surface area contributed by atoms with Crippen LogP contribution in [0.15, 0.2) is 47.4 Å². The van der Waals surface area contributed by atoms with E-state index in [2.05, 4.69) is 5.32 Å². The Labute approximate surface area is 143 Å². The summed E-state index contributed by atoms with van der Waals surface area (Å²) in [6.45, 7) is 3.35. The van der Waals surface area contributed by atoms with Crippen molar-refractivity contribution in [3.8, 4) is 0 Å². The van der Waals surface area contributed by atoms with E-state index in [1.165, 1.54) is 37.6 Å².